The zero-order valence-electron chi connectivity index (χ0n) is 17.0. The molecule has 0 bridgehead atoms. The topological polar surface area (TPSA) is 60.3 Å². The van der Waals surface area contributed by atoms with E-state index in [2.05, 4.69) is 5.32 Å². The lowest BCUT2D eigenvalue weighted by Crippen LogP contribution is -2.16. The number of anilines is 1. The van der Waals surface area contributed by atoms with Crippen LogP contribution >= 0.6 is 0 Å². The predicted octanol–water partition coefficient (Wildman–Crippen LogP) is 4.98. The van der Waals surface area contributed by atoms with Crippen molar-refractivity contribution in [2.75, 3.05) is 12.4 Å². The SMILES string of the molecule is COc1ccc(-c2cc(C(C)=O)c(C)n2CCC(=O)Nc2ccc(F)cc2F)cc1. The van der Waals surface area contributed by atoms with Crippen molar-refractivity contribution in [2.24, 2.45) is 0 Å². The fourth-order valence-electron chi connectivity index (χ4n) is 3.31. The molecule has 3 rings (SSSR count). The van der Waals surface area contributed by atoms with Gasteiger partial charge in [-0.2, -0.15) is 0 Å². The maximum absolute atomic E-state index is 13.8. The molecule has 1 N–H and O–H groups in total. The Morgan fingerprint density at radius 1 is 1.07 bits per heavy atom. The highest BCUT2D eigenvalue weighted by atomic mass is 19.1. The smallest absolute Gasteiger partial charge is 0.226 e. The normalized spacial score (nSPS) is 10.7. The number of rotatable bonds is 7. The molecular formula is C23H22F2N2O3. The first-order chi connectivity index (χ1) is 14.3. The van der Waals surface area contributed by atoms with E-state index >= 15 is 0 Å². The fourth-order valence-corrected chi connectivity index (χ4v) is 3.31. The minimum Gasteiger partial charge on any atom is -0.497 e. The van der Waals surface area contributed by atoms with Crippen LogP contribution in [-0.2, 0) is 11.3 Å². The van der Waals surface area contributed by atoms with Crippen LogP contribution < -0.4 is 10.1 Å². The summed E-state index contributed by atoms with van der Waals surface area (Å²) in [6, 6.07) is 12.2. The first-order valence-corrected chi connectivity index (χ1v) is 9.40. The van der Waals surface area contributed by atoms with Gasteiger partial charge in [0.15, 0.2) is 5.78 Å². The van der Waals surface area contributed by atoms with E-state index < -0.39 is 17.5 Å². The largest absolute Gasteiger partial charge is 0.497 e. The molecule has 5 nitrogen and oxygen atoms in total. The van der Waals surface area contributed by atoms with Crippen molar-refractivity contribution in [1.82, 2.24) is 4.57 Å². The fraction of sp³-hybridized carbons (Fsp3) is 0.217. The molecule has 7 heteroatoms. The predicted molar refractivity (Wildman–Crippen MR) is 111 cm³/mol. The van der Waals surface area contributed by atoms with Crippen LogP contribution in [-0.4, -0.2) is 23.4 Å². The molecule has 1 amide bonds. The Hall–Kier alpha value is -3.48. The minimum atomic E-state index is -0.835. The Morgan fingerprint density at radius 3 is 2.37 bits per heavy atom. The molecule has 0 aliphatic carbocycles. The van der Waals surface area contributed by atoms with E-state index in [9.17, 15) is 18.4 Å². The van der Waals surface area contributed by atoms with Gasteiger partial charge in [0.05, 0.1) is 12.8 Å². The van der Waals surface area contributed by atoms with Crippen molar-refractivity contribution in [3.05, 3.63) is 71.4 Å². The molecule has 1 aromatic heterocycles. The Morgan fingerprint density at radius 2 is 1.77 bits per heavy atom. The molecule has 1 heterocycles. The van der Waals surface area contributed by atoms with Gasteiger partial charge in [0.1, 0.15) is 17.4 Å². The number of nitrogens with one attached hydrogen (secondary N) is 1. The number of hydrogen-bond donors (Lipinski definition) is 1. The summed E-state index contributed by atoms with van der Waals surface area (Å²) in [6.07, 6.45) is 0.0484. The molecule has 0 radical (unpaired) electrons. The number of methoxy groups -OCH3 is 1. The summed E-state index contributed by atoms with van der Waals surface area (Å²) >= 11 is 0. The molecular weight excluding hydrogens is 390 g/mol. The zero-order chi connectivity index (χ0) is 21.8. The van der Waals surface area contributed by atoms with E-state index in [1.54, 1.807) is 13.2 Å². The molecule has 0 atom stereocenters. The first-order valence-electron chi connectivity index (χ1n) is 9.40. The average Bonchev–Trinajstić information content (AvgIpc) is 3.05. The van der Waals surface area contributed by atoms with Gasteiger partial charge in [-0.05, 0) is 61.9 Å². The Bertz CT molecular complexity index is 1090. The van der Waals surface area contributed by atoms with Crippen LogP contribution in [0.25, 0.3) is 11.3 Å². The molecule has 0 aliphatic rings. The highest BCUT2D eigenvalue weighted by Crippen LogP contribution is 2.28. The van der Waals surface area contributed by atoms with Gasteiger partial charge in [-0.1, -0.05) is 0 Å². The number of amides is 1. The van der Waals surface area contributed by atoms with E-state index in [0.29, 0.717) is 17.4 Å². The molecule has 2 aromatic carbocycles. The molecule has 0 aliphatic heterocycles. The van der Waals surface area contributed by atoms with Gasteiger partial charge < -0.3 is 14.6 Å². The van der Waals surface area contributed by atoms with Crippen molar-refractivity contribution in [1.29, 1.82) is 0 Å². The van der Waals surface area contributed by atoms with Gasteiger partial charge in [-0.25, -0.2) is 8.78 Å². The minimum absolute atomic E-state index is 0.0484. The van der Waals surface area contributed by atoms with Crippen LogP contribution in [0.15, 0.2) is 48.5 Å². The molecule has 0 saturated carbocycles. The molecule has 0 spiro atoms. The van der Waals surface area contributed by atoms with Crippen molar-refractivity contribution >= 4 is 17.4 Å². The molecule has 30 heavy (non-hydrogen) atoms. The number of halogens is 2. The molecule has 0 fully saturated rings. The second-order valence-corrected chi connectivity index (χ2v) is 6.89. The summed E-state index contributed by atoms with van der Waals surface area (Å²) in [5.41, 5.74) is 2.91. The van der Waals surface area contributed by atoms with Crippen LogP contribution in [0.1, 0.15) is 29.4 Å². The van der Waals surface area contributed by atoms with E-state index in [1.165, 1.54) is 13.0 Å². The van der Waals surface area contributed by atoms with Gasteiger partial charge in [-0.3, -0.25) is 9.59 Å². The van der Waals surface area contributed by atoms with Gasteiger partial charge in [-0.15, -0.1) is 0 Å². The Labute approximate surface area is 173 Å². The van der Waals surface area contributed by atoms with Crippen LogP contribution in [0, 0.1) is 18.6 Å². The Balaban J connectivity index is 1.83. The molecule has 3 aromatic rings. The molecule has 0 unspecified atom stereocenters. The molecule has 0 saturated heterocycles. The second-order valence-electron chi connectivity index (χ2n) is 6.89. The number of aromatic nitrogens is 1. The lowest BCUT2D eigenvalue weighted by atomic mass is 10.1. The summed E-state index contributed by atoms with van der Waals surface area (Å²) in [4.78, 5) is 24.4. The zero-order valence-corrected chi connectivity index (χ0v) is 17.0. The number of carbonyl (C=O) groups excluding carboxylic acids is 2. The van der Waals surface area contributed by atoms with E-state index in [4.69, 9.17) is 4.74 Å². The lowest BCUT2D eigenvalue weighted by molar-refractivity contribution is -0.116. The van der Waals surface area contributed by atoms with Crippen molar-refractivity contribution in [3.8, 4) is 17.0 Å². The summed E-state index contributed by atoms with van der Waals surface area (Å²) in [7, 11) is 1.58. The summed E-state index contributed by atoms with van der Waals surface area (Å²) in [5, 5.41) is 2.45. The number of benzene rings is 2. The summed E-state index contributed by atoms with van der Waals surface area (Å²) < 4.78 is 33.9. The van der Waals surface area contributed by atoms with Crippen LogP contribution in [0.4, 0.5) is 14.5 Å². The van der Waals surface area contributed by atoms with Gasteiger partial charge in [0.2, 0.25) is 5.91 Å². The standard InChI is InChI=1S/C23H22F2N2O3/c1-14-19(15(2)28)13-22(16-4-7-18(30-3)8-5-16)27(14)11-10-23(29)26-21-9-6-17(24)12-20(21)25/h4-9,12-13H,10-11H2,1-3H3,(H,26,29). The van der Waals surface area contributed by atoms with E-state index in [1.807, 2.05) is 35.8 Å². The highest BCUT2D eigenvalue weighted by molar-refractivity contribution is 5.97. The Kier molecular flexibility index (Phi) is 6.30. The number of hydrogen-bond acceptors (Lipinski definition) is 3. The molecule has 156 valence electrons. The van der Waals surface area contributed by atoms with Crippen LogP contribution in [0.5, 0.6) is 5.75 Å². The number of nitrogens with zero attached hydrogens (tertiary/aromatic N) is 1. The summed E-state index contributed by atoms with van der Waals surface area (Å²) in [6.45, 7) is 3.60. The van der Waals surface area contributed by atoms with E-state index in [0.717, 1.165) is 23.0 Å². The monoisotopic (exact) mass is 412 g/mol. The third-order valence-corrected chi connectivity index (χ3v) is 4.90. The maximum Gasteiger partial charge on any atom is 0.226 e. The van der Waals surface area contributed by atoms with Crippen LogP contribution in [0.3, 0.4) is 0 Å². The third kappa shape index (κ3) is 4.56. The second kappa shape index (κ2) is 8.90. The highest BCUT2D eigenvalue weighted by Gasteiger charge is 2.17. The van der Waals surface area contributed by atoms with Crippen molar-refractivity contribution in [3.63, 3.8) is 0 Å². The maximum atomic E-state index is 13.8. The lowest BCUT2D eigenvalue weighted by Gasteiger charge is -2.13. The number of ether oxygens (including phenoxy) is 1. The average molecular weight is 412 g/mol. The quantitative estimate of drug-likeness (QED) is 0.557. The summed E-state index contributed by atoms with van der Waals surface area (Å²) in [5.74, 6) is -1.33. The van der Waals surface area contributed by atoms with Gasteiger partial charge >= 0.3 is 0 Å². The number of Topliss-reactive ketones (excluding diaryl/α,β-unsaturated/α-hetero) is 1. The van der Waals surface area contributed by atoms with Gasteiger partial charge in [0.25, 0.3) is 0 Å². The van der Waals surface area contributed by atoms with Gasteiger partial charge in [0, 0.05) is 36.0 Å². The van der Waals surface area contributed by atoms with Crippen molar-refractivity contribution in [2.45, 2.75) is 26.8 Å². The van der Waals surface area contributed by atoms with Crippen molar-refractivity contribution < 1.29 is 23.1 Å². The third-order valence-electron chi connectivity index (χ3n) is 4.90. The number of ketones is 1. The van der Waals surface area contributed by atoms with E-state index in [-0.39, 0.29) is 24.4 Å². The number of carbonyl (C=O) groups is 2. The first kappa shape index (κ1) is 21.2. The van der Waals surface area contributed by atoms with Crippen LogP contribution in [0.2, 0.25) is 0 Å².